The number of nitrogens with zero attached hydrogens (tertiary/aromatic N) is 2. The fraction of sp³-hybridized carbons (Fsp3) is 0.333. The van der Waals surface area contributed by atoms with Gasteiger partial charge in [0.1, 0.15) is 20.6 Å². The Morgan fingerprint density at radius 3 is 2.27 bits per heavy atom. The van der Waals surface area contributed by atoms with Crippen LogP contribution in [0.3, 0.4) is 0 Å². The normalized spacial score (nSPS) is 13.7. The maximum Gasteiger partial charge on any atom is 0.438 e. The van der Waals surface area contributed by atoms with Crippen LogP contribution in [-0.4, -0.2) is 46.5 Å². The van der Waals surface area contributed by atoms with Gasteiger partial charge in [0.2, 0.25) is 0 Å². The second-order valence-corrected chi connectivity index (χ2v) is 3.21. The van der Waals surface area contributed by atoms with E-state index in [1.165, 1.54) is 0 Å². The molecule has 3 nitrogen and oxygen atoms in total. The lowest BCUT2D eigenvalue weighted by molar-refractivity contribution is -0.498. The van der Waals surface area contributed by atoms with Crippen LogP contribution in [0, 0.1) is 0 Å². The van der Waals surface area contributed by atoms with Gasteiger partial charge in [0, 0.05) is 12.5 Å². The number of hydrogen-bond acceptors (Lipinski definition) is 0. The van der Waals surface area contributed by atoms with Crippen molar-refractivity contribution in [3.8, 4) is 0 Å². The van der Waals surface area contributed by atoms with Crippen molar-refractivity contribution in [2.45, 2.75) is 6.42 Å². The summed E-state index contributed by atoms with van der Waals surface area (Å²) in [4.78, 5) is 0. The molecule has 0 fully saturated rings. The monoisotopic (exact) mass is 208 g/mol. The lowest BCUT2D eigenvalue weighted by atomic mass is 10.3. The smallest absolute Gasteiger partial charge is 0.438 e. The quantitative estimate of drug-likeness (QED) is 0.305. The van der Waals surface area contributed by atoms with E-state index >= 15 is 0 Å². The van der Waals surface area contributed by atoms with Crippen molar-refractivity contribution < 1.29 is 14.3 Å². The first-order valence-corrected chi connectivity index (χ1v) is 4.81. The Kier molecular flexibility index (Phi) is 6.02. The molecule has 0 spiro atoms. The Bertz CT molecular complexity index is 325. The fourth-order valence-electron chi connectivity index (χ4n) is 1.09. The van der Waals surface area contributed by atoms with Crippen molar-refractivity contribution in [2.75, 3.05) is 20.6 Å². The molecule has 0 aromatic carbocycles. The molecular formula is C12H20N2O+2. The standard InChI is InChI=1S/C12H19N2O/c1-6-9-10-14(5)11(7-2)12(15)13(4)8-3/h6-8H,1-3,9-10H2,4-5H3/q+1/p+1. The summed E-state index contributed by atoms with van der Waals surface area (Å²) in [6, 6.07) is 0. The molecule has 0 bridgehead atoms. The highest BCUT2D eigenvalue weighted by molar-refractivity contribution is 6.38. The van der Waals surface area contributed by atoms with E-state index in [0.717, 1.165) is 13.0 Å². The lowest BCUT2D eigenvalue weighted by Gasteiger charge is -1.98. The maximum atomic E-state index is 9.84. The predicted octanol–water partition coefficient (Wildman–Crippen LogP) is 1.57. The highest BCUT2D eigenvalue weighted by atomic mass is 16.3. The molecule has 0 unspecified atom stereocenters. The summed E-state index contributed by atoms with van der Waals surface area (Å²) in [6.45, 7) is 11.7. The summed E-state index contributed by atoms with van der Waals surface area (Å²) >= 11 is 0. The van der Waals surface area contributed by atoms with E-state index in [4.69, 9.17) is 0 Å². The minimum atomic E-state index is 0.145. The van der Waals surface area contributed by atoms with Crippen LogP contribution in [0.15, 0.2) is 38.1 Å². The third kappa shape index (κ3) is 3.94. The summed E-state index contributed by atoms with van der Waals surface area (Å²) in [5.41, 5.74) is 0.680. The van der Waals surface area contributed by atoms with E-state index in [9.17, 15) is 5.11 Å². The summed E-state index contributed by atoms with van der Waals surface area (Å²) < 4.78 is 3.46. The molecule has 0 aliphatic heterocycles. The fourth-order valence-corrected chi connectivity index (χ4v) is 1.09. The van der Waals surface area contributed by atoms with Gasteiger partial charge >= 0.3 is 11.6 Å². The molecule has 15 heavy (non-hydrogen) atoms. The van der Waals surface area contributed by atoms with Crippen LogP contribution >= 0.6 is 0 Å². The first kappa shape index (κ1) is 13.4. The molecule has 0 aromatic heterocycles. The lowest BCUT2D eigenvalue weighted by Crippen LogP contribution is -2.29. The van der Waals surface area contributed by atoms with Crippen LogP contribution in [0.25, 0.3) is 0 Å². The Morgan fingerprint density at radius 2 is 1.87 bits per heavy atom. The van der Waals surface area contributed by atoms with Crippen molar-refractivity contribution in [3.63, 3.8) is 0 Å². The van der Waals surface area contributed by atoms with Crippen LogP contribution < -0.4 is 0 Å². The van der Waals surface area contributed by atoms with E-state index in [1.54, 1.807) is 23.9 Å². The summed E-state index contributed by atoms with van der Waals surface area (Å²) in [6.07, 6.45) is 5.86. The van der Waals surface area contributed by atoms with E-state index in [2.05, 4.69) is 19.7 Å². The van der Waals surface area contributed by atoms with Crippen molar-refractivity contribution in [3.05, 3.63) is 38.1 Å². The number of aliphatic hydroxyl groups is 1. The SMILES string of the molecule is C=CCC[N+](C)=C(C=C)C(O)=[N+](C)C=C. The van der Waals surface area contributed by atoms with Gasteiger partial charge in [0.05, 0.1) is 0 Å². The third-order valence-corrected chi connectivity index (χ3v) is 2.11. The summed E-state index contributed by atoms with van der Waals surface area (Å²) in [7, 11) is 3.63. The van der Waals surface area contributed by atoms with Crippen LogP contribution in [0.1, 0.15) is 6.42 Å². The van der Waals surface area contributed by atoms with Crippen molar-refractivity contribution in [2.24, 2.45) is 0 Å². The molecule has 0 atom stereocenters. The minimum absolute atomic E-state index is 0.145. The molecule has 0 radical (unpaired) electrons. The average molecular weight is 208 g/mol. The zero-order valence-corrected chi connectivity index (χ0v) is 9.61. The number of rotatable bonds is 6. The van der Waals surface area contributed by atoms with E-state index in [0.29, 0.717) is 5.71 Å². The van der Waals surface area contributed by atoms with Gasteiger partial charge in [-0.1, -0.05) is 12.7 Å². The van der Waals surface area contributed by atoms with Gasteiger partial charge in [0.15, 0.2) is 6.20 Å². The van der Waals surface area contributed by atoms with Gasteiger partial charge < -0.3 is 5.11 Å². The Hall–Kier alpha value is -1.64. The molecule has 0 aliphatic carbocycles. The van der Waals surface area contributed by atoms with E-state index in [1.807, 2.05) is 17.7 Å². The molecule has 3 heteroatoms. The maximum absolute atomic E-state index is 9.84. The Morgan fingerprint density at radius 1 is 1.27 bits per heavy atom. The highest BCUT2D eigenvalue weighted by Crippen LogP contribution is 1.88. The van der Waals surface area contributed by atoms with E-state index < -0.39 is 0 Å². The van der Waals surface area contributed by atoms with Gasteiger partial charge in [-0.3, -0.25) is 0 Å². The summed E-state index contributed by atoms with van der Waals surface area (Å²) in [5, 5.41) is 9.84. The number of aliphatic hydroxyl groups excluding tert-OH is 1. The zero-order chi connectivity index (χ0) is 11.8. The van der Waals surface area contributed by atoms with Crippen LogP contribution in [0.4, 0.5) is 0 Å². The Labute approximate surface area is 91.7 Å². The Balaban J connectivity index is 5.12. The molecule has 1 N–H and O–H groups in total. The summed E-state index contributed by atoms with van der Waals surface area (Å²) in [5.74, 6) is 0.145. The second kappa shape index (κ2) is 6.76. The molecule has 0 saturated carbocycles. The van der Waals surface area contributed by atoms with Crippen molar-refractivity contribution in [1.82, 2.24) is 0 Å². The molecule has 0 saturated heterocycles. The molecule has 82 valence electrons. The van der Waals surface area contributed by atoms with Gasteiger partial charge in [0.25, 0.3) is 0 Å². The molecule has 0 aliphatic rings. The largest absolute Gasteiger partial charge is 0.455 e. The predicted molar refractivity (Wildman–Crippen MR) is 65.1 cm³/mol. The third-order valence-electron chi connectivity index (χ3n) is 2.11. The van der Waals surface area contributed by atoms with Crippen molar-refractivity contribution >= 4 is 11.6 Å². The topological polar surface area (TPSA) is 26.2 Å². The second-order valence-electron chi connectivity index (χ2n) is 3.21. The molecular weight excluding hydrogens is 188 g/mol. The van der Waals surface area contributed by atoms with Crippen LogP contribution in [0.5, 0.6) is 0 Å². The van der Waals surface area contributed by atoms with Crippen LogP contribution in [0.2, 0.25) is 0 Å². The van der Waals surface area contributed by atoms with Crippen LogP contribution in [-0.2, 0) is 0 Å². The van der Waals surface area contributed by atoms with Gasteiger partial charge in [-0.2, -0.15) is 4.58 Å². The first-order valence-electron chi connectivity index (χ1n) is 4.81. The average Bonchev–Trinajstić information content (AvgIpc) is 2.25. The molecule has 0 rings (SSSR count). The highest BCUT2D eigenvalue weighted by Gasteiger charge is 2.21. The van der Waals surface area contributed by atoms with Gasteiger partial charge in [-0.25, -0.2) is 4.58 Å². The van der Waals surface area contributed by atoms with Gasteiger partial charge in [-0.05, 0) is 6.58 Å². The first-order chi connectivity index (χ1) is 7.08. The number of hydrogen-bond donors (Lipinski definition) is 1. The molecule has 0 amide bonds. The minimum Gasteiger partial charge on any atom is -0.455 e. The molecule has 0 heterocycles. The van der Waals surface area contributed by atoms with Gasteiger partial charge in [-0.15, -0.1) is 6.58 Å². The van der Waals surface area contributed by atoms with Crippen molar-refractivity contribution in [1.29, 1.82) is 0 Å². The molecule has 0 aromatic rings. The zero-order valence-electron chi connectivity index (χ0n) is 9.61. The van der Waals surface area contributed by atoms with E-state index in [-0.39, 0.29) is 5.90 Å².